The molecule has 0 spiro atoms. The van der Waals surface area contributed by atoms with Gasteiger partial charge in [-0.15, -0.1) is 0 Å². The first-order valence-electron chi connectivity index (χ1n) is 8.21. The van der Waals surface area contributed by atoms with Crippen molar-refractivity contribution in [2.24, 2.45) is 0 Å². The highest BCUT2D eigenvalue weighted by Crippen LogP contribution is 2.35. The van der Waals surface area contributed by atoms with Crippen LogP contribution >= 0.6 is 27.7 Å². The fourth-order valence-corrected chi connectivity index (χ4v) is 3.90. The van der Waals surface area contributed by atoms with Crippen molar-refractivity contribution in [1.29, 1.82) is 0 Å². The molecule has 4 nitrogen and oxygen atoms in total. The Morgan fingerprint density at radius 1 is 1.19 bits per heavy atom. The lowest BCUT2D eigenvalue weighted by molar-refractivity contribution is -0.123. The summed E-state index contributed by atoms with van der Waals surface area (Å²) in [5, 5.41) is -0.254. The monoisotopic (exact) mass is 431 g/mol. The van der Waals surface area contributed by atoms with E-state index in [1.165, 1.54) is 4.90 Å². The normalized spacial score (nSPS) is 15.8. The maximum Gasteiger partial charge on any atom is 0.293 e. The zero-order valence-corrected chi connectivity index (χ0v) is 16.9. The highest BCUT2D eigenvalue weighted by Gasteiger charge is 2.35. The summed E-state index contributed by atoms with van der Waals surface area (Å²) < 4.78 is 6.50. The Labute approximate surface area is 165 Å². The van der Waals surface area contributed by atoms with Gasteiger partial charge >= 0.3 is 0 Å². The fourth-order valence-electron chi connectivity index (χ4n) is 2.69. The largest absolute Gasteiger partial charge is 0.493 e. The molecule has 2 aromatic carbocycles. The number of benzene rings is 2. The van der Waals surface area contributed by atoms with E-state index < -0.39 is 0 Å². The lowest BCUT2D eigenvalue weighted by Crippen LogP contribution is -2.27. The van der Waals surface area contributed by atoms with Gasteiger partial charge in [0.15, 0.2) is 0 Å². The molecule has 1 fully saturated rings. The van der Waals surface area contributed by atoms with Crippen LogP contribution < -0.4 is 4.74 Å². The number of halogens is 1. The average Bonchev–Trinajstić information content (AvgIpc) is 2.85. The van der Waals surface area contributed by atoms with Crippen molar-refractivity contribution in [2.45, 2.75) is 20.4 Å². The molecule has 0 atom stereocenters. The SMILES string of the molecule is CCOc1ccc(Br)cc1/C=C1\SC(=O)N(Cc2cccc(C)c2)C1=O. The topological polar surface area (TPSA) is 46.6 Å². The van der Waals surface area contributed by atoms with E-state index in [0.717, 1.165) is 32.9 Å². The quantitative estimate of drug-likeness (QED) is 0.595. The number of amides is 2. The molecule has 134 valence electrons. The van der Waals surface area contributed by atoms with Crippen LogP contribution in [0.3, 0.4) is 0 Å². The number of ether oxygens (including phenoxy) is 1. The highest BCUT2D eigenvalue weighted by molar-refractivity contribution is 9.10. The number of carbonyl (C=O) groups excluding carboxylic acids is 2. The van der Waals surface area contributed by atoms with Crippen molar-refractivity contribution >= 4 is 44.9 Å². The van der Waals surface area contributed by atoms with Crippen LogP contribution in [-0.4, -0.2) is 22.7 Å². The van der Waals surface area contributed by atoms with Gasteiger partial charge in [-0.25, -0.2) is 0 Å². The number of nitrogens with zero attached hydrogens (tertiary/aromatic N) is 1. The van der Waals surface area contributed by atoms with E-state index in [1.54, 1.807) is 6.08 Å². The van der Waals surface area contributed by atoms with Crippen LogP contribution in [0.2, 0.25) is 0 Å². The van der Waals surface area contributed by atoms with Crippen molar-refractivity contribution in [3.63, 3.8) is 0 Å². The number of rotatable bonds is 5. The summed E-state index contributed by atoms with van der Waals surface area (Å²) in [5.41, 5.74) is 2.80. The van der Waals surface area contributed by atoms with Crippen molar-refractivity contribution in [3.05, 3.63) is 68.5 Å². The number of carbonyl (C=O) groups is 2. The molecule has 1 saturated heterocycles. The smallest absolute Gasteiger partial charge is 0.293 e. The van der Waals surface area contributed by atoms with Gasteiger partial charge in [-0.1, -0.05) is 45.8 Å². The van der Waals surface area contributed by atoms with Gasteiger partial charge in [0, 0.05) is 10.0 Å². The maximum absolute atomic E-state index is 12.7. The van der Waals surface area contributed by atoms with E-state index >= 15 is 0 Å². The van der Waals surface area contributed by atoms with Crippen LogP contribution in [0.4, 0.5) is 4.79 Å². The second-order valence-corrected chi connectivity index (χ2v) is 7.78. The molecular weight excluding hydrogens is 414 g/mol. The zero-order valence-electron chi connectivity index (χ0n) is 14.5. The Kier molecular flexibility index (Phi) is 5.84. The number of thioether (sulfide) groups is 1. The molecule has 0 aromatic heterocycles. The van der Waals surface area contributed by atoms with Crippen LogP contribution in [0, 0.1) is 6.92 Å². The highest BCUT2D eigenvalue weighted by atomic mass is 79.9. The Hall–Kier alpha value is -2.05. The van der Waals surface area contributed by atoms with Gasteiger partial charge in [-0.05, 0) is 55.4 Å². The molecule has 0 N–H and O–H groups in total. The van der Waals surface area contributed by atoms with Crippen molar-refractivity contribution in [1.82, 2.24) is 4.90 Å². The van der Waals surface area contributed by atoms with E-state index in [-0.39, 0.29) is 17.7 Å². The van der Waals surface area contributed by atoms with Crippen LogP contribution in [0.1, 0.15) is 23.6 Å². The molecule has 1 aliphatic heterocycles. The summed E-state index contributed by atoms with van der Waals surface area (Å²) in [6.07, 6.45) is 1.72. The predicted molar refractivity (Wildman–Crippen MR) is 108 cm³/mol. The Balaban J connectivity index is 1.87. The van der Waals surface area contributed by atoms with Crippen LogP contribution in [0.5, 0.6) is 5.75 Å². The Bertz CT molecular complexity index is 894. The predicted octanol–water partition coefficient (Wildman–Crippen LogP) is 5.39. The minimum Gasteiger partial charge on any atom is -0.493 e. The molecule has 2 amide bonds. The Morgan fingerprint density at radius 3 is 2.73 bits per heavy atom. The summed E-state index contributed by atoms with van der Waals surface area (Å²) >= 11 is 4.39. The average molecular weight is 432 g/mol. The minimum atomic E-state index is -0.274. The summed E-state index contributed by atoms with van der Waals surface area (Å²) in [6, 6.07) is 13.4. The van der Waals surface area contributed by atoms with Gasteiger partial charge in [-0.2, -0.15) is 0 Å². The molecule has 3 rings (SSSR count). The summed E-state index contributed by atoms with van der Waals surface area (Å²) in [7, 11) is 0. The van der Waals surface area contributed by atoms with E-state index in [1.807, 2.05) is 56.3 Å². The summed E-state index contributed by atoms with van der Waals surface area (Å²) in [5.74, 6) is 0.408. The van der Waals surface area contributed by atoms with Gasteiger partial charge in [0.05, 0.1) is 18.1 Å². The lowest BCUT2D eigenvalue weighted by Gasteiger charge is -2.13. The number of hydrogen-bond acceptors (Lipinski definition) is 4. The molecule has 0 aliphatic carbocycles. The second kappa shape index (κ2) is 8.10. The molecule has 26 heavy (non-hydrogen) atoms. The van der Waals surface area contributed by atoms with Crippen LogP contribution in [-0.2, 0) is 11.3 Å². The van der Waals surface area contributed by atoms with Crippen molar-refractivity contribution in [3.8, 4) is 5.75 Å². The first-order chi connectivity index (χ1) is 12.5. The molecule has 0 bridgehead atoms. The van der Waals surface area contributed by atoms with Gasteiger partial charge < -0.3 is 4.74 Å². The molecule has 1 aliphatic rings. The van der Waals surface area contributed by atoms with Gasteiger partial charge in [0.1, 0.15) is 5.75 Å². The third-order valence-corrected chi connectivity index (χ3v) is 5.26. The number of aryl methyl sites for hydroxylation is 1. The second-order valence-electron chi connectivity index (χ2n) is 5.87. The molecule has 0 saturated carbocycles. The van der Waals surface area contributed by atoms with Gasteiger partial charge in [-0.3, -0.25) is 14.5 Å². The van der Waals surface area contributed by atoms with Gasteiger partial charge in [0.2, 0.25) is 0 Å². The van der Waals surface area contributed by atoms with Crippen molar-refractivity contribution < 1.29 is 14.3 Å². The van der Waals surface area contributed by atoms with Crippen molar-refractivity contribution in [2.75, 3.05) is 6.61 Å². The maximum atomic E-state index is 12.7. The van der Waals surface area contributed by atoms with E-state index in [0.29, 0.717) is 17.3 Å². The third kappa shape index (κ3) is 4.19. The molecule has 1 heterocycles. The molecule has 2 aromatic rings. The minimum absolute atomic E-state index is 0.254. The molecular formula is C20H18BrNO3S. The first-order valence-corrected chi connectivity index (χ1v) is 9.82. The summed E-state index contributed by atoms with van der Waals surface area (Å²) in [4.78, 5) is 26.8. The fraction of sp³-hybridized carbons (Fsp3) is 0.200. The Morgan fingerprint density at radius 2 is 2.00 bits per heavy atom. The zero-order chi connectivity index (χ0) is 18.7. The van der Waals surface area contributed by atoms with E-state index in [9.17, 15) is 9.59 Å². The number of imide groups is 1. The van der Waals surface area contributed by atoms with E-state index in [4.69, 9.17) is 4.74 Å². The molecule has 0 radical (unpaired) electrons. The van der Waals surface area contributed by atoms with E-state index in [2.05, 4.69) is 15.9 Å². The first kappa shape index (κ1) is 18.7. The van der Waals surface area contributed by atoms with Gasteiger partial charge in [0.25, 0.3) is 11.1 Å². The number of hydrogen-bond donors (Lipinski definition) is 0. The lowest BCUT2D eigenvalue weighted by atomic mass is 10.1. The third-order valence-electron chi connectivity index (χ3n) is 3.86. The van der Waals surface area contributed by atoms with Crippen LogP contribution in [0.15, 0.2) is 51.8 Å². The van der Waals surface area contributed by atoms with Crippen LogP contribution in [0.25, 0.3) is 6.08 Å². The standard InChI is InChI=1S/C20H18BrNO3S/c1-3-25-17-8-7-16(21)10-15(17)11-18-19(23)22(20(24)26-18)12-14-6-4-5-13(2)9-14/h4-11H,3,12H2,1-2H3/b18-11-. The molecule has 6 heteroatoms. The molecule has 0 unspecified atom stereocenters. The summed E-state index contributed by atoms with van der Waals surface area (Å²) in [6.45, 7) is 4.69.